The van der Waals surface area contributed by atoms with Gasteiger partial charge in [0.05, 0.1) is 4.92 Å². The third kappa shape index (κ3) is 3.48. The number of anilines is 1. The minimum absolute atomic E-state index is 0.108. The Hall–Kier alpha value is -3.43. The number of carbonyl (C=O) groups excluding carboxylic acids is 1. The van der Waals surface area contributed by atoms with Crippen molar-refractivity contribution in [3.05, 3.63) is 60.8 Å². The van der Waals surface area contributed by atoms with Crippen molar-refractivity contribution in [2.45, 2.75) is 19.9 Å². The van der Waals surface area contributed by atoms with Crippen molar-refractivity contribution in [3.8, 4) is 5.75 Å². The quantitative estimate of drug-likeness (QED) is 0.434. The molecule has 0 aliphatic heterocycles. The highest BCUT2D eigenvalue weighted by molar-refractivity contribution is 6.00. The predicted molar refractivity (Wildman–Crippen MR) is 93.6 cm³/mol. The van der Waals surface area contributed by atoms with Gasteiger partial charge in [0.2, 0.25) is 5.78 Å². The summed E-state index contributed by atoms with van der Waals surface area (Å²) in [7, 11) is 1.25. The molecule has 0 atom stereocenters. The highest BCUT2D eigenvalue weighted by Gasteiger charge is 2.23. The summed E-state index contributed by atoms with van der Waals surface area (Å²) in [6, 6.07) is 5.54. The number of hydrogen-bond donors (Lipinski definition) is 1. The van der Waals surface area contributed by atoms with Crippen molar-refractivity contribution < 1.29 is 14.5 Å². The lowest BCUT2D eigenvalue weighted by Crippen LogP contribution is -2.43. The molecular weight excluding hydrogens is 344 g/mol. The SMILES string of the molecule is CCCn1c(N)c(C(=O)COc2ccccc2[N+](=O)[O-])c(=O)n(C)c1=O. The summed E-state index contributed by atoms with van der Waals surface area (Å²) in [5, 5.41) is 11.0. The van der Waals surface area contributed by atoms with E-state index in [0.29, 0.717) is 6.42 Å². The molecule has 0 bridgehead atoms. The van der Waals surface area contributed by atoms with Gasteiger partial charge in [-0.1, -0.05) is 19.1 Å². The third-order valence-corrected chi connectivity index (χ3v) is 3.73. The summed E-state index contributed by atoms with van der Waals surface area (Å²) in [5.41, 5.74) is 3.71. The average Bonchev–Trinajstić information content (AvgIpc) is 2.62. The zero-order chi connectivity index (χ0) is 19.4. The predicted octanol–water partition coefficient (Wildman–Crippen LogP) is 0.709. The van der Waals surface area contributed by atoms with E-state index in [-0.39, 0.29) is 29.4 Å². The summed E-state index contributed by atoms with van der Waals surface area (Å²) >= 11 is 0. The number of aromatic nitrogens is 2. The Morgan fingerprint density at radius 1 is 1.31 bits per heavy atom. The Morgan fingerprint density at radius 3 is 2.58 bits per heavy atom. The second-order valence-electron chi connectivity index (χ2n) is 5.50. The zero-order valence-electron chi connectivity index (χ0n) is 14.3. The number of Topliss-reactive ketones (excluding diaryl/α,β-unsaturated/α-hetero) is 1. The van der Waals surface area contributed by atoms with Gasteiger partial charge in [-0.3, -0.25) is 28.8 Å². The van der Waals surface area contributed by atoms with Crippen molar-refractivity contribution >= 4 is 17.3 Å². The average molecular weight is 362 g/mol. The van der Waals surface area contributed by atoms with E-state index < -0.39 is 28.6 Å². The van der Waals surface area contributed by atoms with E-state index in [2.05, 4.69) is 0 Å². The van der Waals surface area contributed by atoms with Gasteiger partial charge >= 0.3 is 11.4 Å². The van der Waals surface area contributed by atoms with Crippen LogP contribution in [0.25, 0.3) is 0 Å². The number of para-hydroxylation sites is 2. The summed E-state index contributed by atoms with van der Waals surface area (Å²) in [6.45, 7) is 1.43. The van der Waals surface area contributed by atoms with E-state index in [1.807, 2.05) is 6.92 Å². The van der Waals surface area contributed by atoms with Gasteiger partial charge in [0.25, 0.3) is 5.56 Å². The highest BCUT2D eigenvalue weighted by Crippen LogP contribution is 2.25. The van der Waals surface area contributed by atoms with E-state index in [1.165, 1.54) is 31.3 Å². The van der Waals surface area contributed by atoms with E-state index in [1.54, 1.807) is 0 Å². The lowest BCUT2D eigenvalue weighted by molar-refractivity contribution is -0.385. The number of nitrogen functional groups attached to an aromatic ring is 1. The van der Waals surface area contributed by atoms with E-state index in [4.69, 9.17) is 10.5 Å². The molecule has 0 radical (unpaired) electrons. The number of ketones is 1. The van der Waals surface area contributed by atoms with Crippen LogP contribution in [-0.2, 0) is 13.6 Å². The number of nitrogens with two attached hydrogens (primary N) is 1. The lowest BCUT2D eigenvalue weighted by atomic mass is 10.2. The van der Waals surface area contributed by atoms with Gasteiger partial charge in [-0.05, 0) is 12.5 Å². The number of nitro groups is 1. The first-order valence-electron chi connectivity index (χ1n) is 7.78. The van der Waals surface area contributed by atoms with Gasteiger partial charge in [-0.15, -0.1) is 0 Å². The number of nitro benzene ring substituents is 1. The van der Waals surface area contributed by atoms with Crippen LogP contribution < -0.4 is 21.7 Å². The Balaban J connectivity index is 2.38. The summed E-state index contributed by atoms with van der Waals surface area (Å²) in [5.74, 6) is -1.12. The minimum Gasteiger partial charge on any atom is -0.478 e. The van der Waals surface area contributed by atoms with Crippen LogP contribution in [0.2, 0.25) is 0 Å². The fourth-order valence-corrected chi connectivity index (χ4v) is 2.43. The molecule has 0 saturated heterocycles. The smallest absolute Gasteiger partial charge is 0.332 e. The molecule has 0 amide bonds. The summed E-state index contributed by atoms with van der Waals surface area (Å²) in [4.78, 5) is 47.2. The van der Waals surface area contributed by atoms with E-state index in [9.17, 15) is 24.5 Å². The Bertz CT molecular complexity index is 976. The molecule has 10 nitrogen and oxygen atoms in total. The van der Waals surface area contributed by atoms with Crippen LogP contribution in [0.4, 0.5) is 11.5 Å². The first-order chi connectivity index (χ1) is 12.3. The normalized spacial score (nSPS) is 10.5. The molecule has 2 rings (SSSR count). The van der Waals surface area contributed by atoms with Crippen molar-refractivity contribution in [2.24, 2.45) is 7.05 Å². The molecule has 0 unspecified atom stereocenters. The maximum Gasteiger partial charge on any atom is 0.332 e. The number of ether oxygens (including phenoxy) is 1. The maximum atomic E-state index is 12.5. The molecule has 2 N–H and O–H groups in total. The first-order valence-corrected chi connectivity index (χ1v) is 7.78. The highest BCUT2D eigenvalue weighted by atomic mass is 16.6. The molecule has 1 heterocycles. The van der Waals surface area contributed by atoms with Crippen LogP contribution in [0, 0.1) is 10.1 Å². The maximum absolute atomic E-state index is 12.5. The Labute approximate surface area is 147 Å². The first kappa shape index (κ1) is 18.9. The number of nitrogens with zero attached hydrogens (tertiary/aromatic N) is 3. The van der Waals surface area contributed by atoms with Crippen LogP contribution in [-0.4, -0.2) is 26.4 Å². The molecule has 0 fully saturated rings. The van der Waals surface area contributed by atoms with Gasteiger partial charge < -0.3 is 10.5 Å². The second kappa shape index (κ2) is 7.64. The Kier molecular flexibility index (Phi) is 5.55. The number of benzene rings is 1. The van der Waals surface area contributed by atoms with E-state index >= 15 is 0 Å². The van der Waals surface area contributed by atoms with Crippen molar-refractivity contribution in [1.29, 1.82) is 0 Å². The molecule has 0 spiro atoms. The van der Waals surface area contributed by atoms with Crippen LogP contribution in [0.1, 0.15) is 23.7 Å². The number of carbonyl (C=O) groups is 1. The largest absolute Gasteiger partial charge is 0.478 e. The lowest BCUT2D eigenvalue weighted by Gasteiger charge is -2.14. The Morgan fingerprint density at radius 2 is 1.96 bits per heavy atom. The fourth-order valence-electron chi connectivity index (χ4n) is 2.43. The number of hydrogen-bond acceptors (Lipinski definition) is 7. The minimum atomic E-state index is -0.837. The van der Waals surface area contributed by atoms with Crippen molar-refractivity contribution in [3.63, 3.8) is 0 Å². The molecule has 10 heteroatoms. The van der Waals surface area contributed by atoms with E-state index in [0.717, 1.165) is 9.13 Å². The topological polar surface area (TPSA) is 139 Å². The van der Waals surface area contributed by atoms with Gasteiger partial charge in [-0.2, -0.15) is 0 Å². The van der Waals surface area contributed by atoms with Gasteiger partial charge in [0.1, 0.15) is 11.4 Å². The molecule has 0 aliphatic rings. The molecule has 0 aliphatic carbocycles. The standard InChI is InChI=1S/C16H18N4O6/c1-3-8-19-14(17)13(15(22)18(2)16(19)23)11(21)9-26-12-7-5-4-6-10(12)20(24)25/h4-7H,3,8-9,17H2,1-2H3. The van der Waals surface area contributed by atoms with Crippen molar-refractivity contribution in [1.82, 2.24) is 9.13 Å². The van der Waals surface area contributed by atoms with Crippen molar-refractivity contribution in [2.75, 3.05) is 12.3 Å². The zero-order valence-corrected chi connectivity index (χ0v) is 14.3. The molecule has 1 aromatic carbocycles. The second-order valence-corrected chi connectivity index (χ2v) is 5.50. The van der Waals surface area contributed by atoms with Crippen LogP contribution in [0.5, 0.6) is 5.75 Å². The summed E-state index contributed by atoms with van der Waals surface area (Å²) < 4.78 is 7.15. The van der Waals surface area contributed by atoms with Crippen LogP contribution >= 0.6 is 0 Å². The molecule has 138 valence electrons. The third-order valence-electron chi connectivity index (χ3n) is 3.73. The molecule has 0 saturated carbocycles. The van der Waals surface area contributed by atoms with Crippen LogP contribution in [0.3, 0.4) is 0 Å². The van der Waals surface area contributed by atoms with Gasteiger partial charge in [-0.25, -0.2) is 4.79 Å². The molecule has 1 aromatic heterocycles. The van der Waals surface area contributed by atoms with Gasteiger partial charge in [0.15, 0.2) is 12.4 Å². The fraction of sp³-hybridized carbons (Fsp3) is 0.312. The van der Waals surface area contributed by atoms with Gasteiger partial charge in [0, 0.05) is 19.7 Å². The monoisotopic (exact) mass is 362 g/mol. The van der Waals surface area contributed by atoms with Crippen LogP contribution in [0.15, 0.2) is 33.9 Å². The molecule has 26 heavy (non-hydrogen) atoms. The molecular formula is C16H18N4O6. The molecule has 2 aromatic rings. The summed E-state index contributed by atoms with van der Waals surface area (Å²) in [6.07, 6.45) is 0.572. The number of rotatable bonds is 7.